The molecule has 1 N–H and O–H groups in total. The van der Waals surface area contributed by atoms with E-state index >= 15 is 0 Å². The average molecular weight is 520 g/mol. The number of rotatable bonds is 6. The number of halogens is 4. The molecular weight excluding hydrogens is 499 g/mol. The molecular formula is C25H21Cl2F2N3O3. The van der Waals surface area contributed by atoms with Crippen LogP contribution in [0.2, 0.25) is 10.0 Å². The van der Waals surface area contributed by atoms with Gasteiger partial charge in [0.15, 0.2) is 5.43 Å². The second-order valence-electron chi connectivity index (χ2n) is 7.98. The molecule has 3 aromatic carbocycles. The van der Waals surface area contributed by atoms with Crippen LogP contribution in [0.1, 0.15) is 6.92 Å². The number of pyridine rings is 1. The predicted molar refractivity (Wildman–Crippen MR) is 136 cm³/mol. The van der Waals surface area contributed by atoms with Crippen molar-refractivity contribution in [1.82, 2.24) is 4.57 Å². The highest BCUT2D eigenvalue weighted by molar-refractivity contribution is 6.35. The Balaban J connectivity index is 2.09. The number of carbonyl (C=O) groups excluding carboxylic acids is 1. The van der Waals surface area contributed by atoms with Gasteiger partial charge in [-0.2, -0.15) is 0 Å². The molecule has 0 saturated carbocycles. The number of anilines is 3. The second-order valence-corrected chi connectivity index (χ2v) is 8.79. The first kappa shape index (κ1) is 24.8. The van der Waals surface area contributed by atoms with Crippen molar-refractivity contribution in [2.75, 3.05) is 30.9 Å². The van der Waals surface area contributed by atoms with Crippen LogP contribution in [0, 0.1) is 11.6 Å². The largest absolute Gasteiger partial charge is 0.465 e. The third-order valence-electron chi connectivity index (χ3n) is 5.50. The first-order valence-corrected chi connectivity index (χ1v) is 11.4. The molecule has 10 heteroatoms. The molecule has 0 atom stereocenters. The molecule has 0 radical (unpaired) electrons. The lowest BCUT2D eigenvalue weighted by Crippen LogP contribution is -2.21. The van der Waals surface area contributed by atoms with E-state index in [0.29, 0.717) is 27.1 Å². The van der Waals surface area contributed by atoms with Gasteiger partial charge in [-0.05, 0) is 43.3 Å². The Bertz CT molecular complexity index is 1520. The monoisotopic (exact) mass is 519 g/mol. The Kier molecular flexibility index (Phi) is 6.87. The van der Waals surface area contributed by atoms with Crippen LogP contribution in [0.25, 0.3) is 21.8 Å². The van der Waals surface area contributed by atoms with E-state index in [0.717, 1.165) is 12.1 Å². The number of aromatic nitrogens is 1. The van der Waals surface area contributed by atoms with Gasteiger partial charge in [-0.3, -0.25) is 9.59 Å². The van der Waals surface area contributed by atoms with Crippen molar-refractivity contribution in [2.45, 2.75) is 13.5 Å². The van der Waals surface area contributed by atoms with Gasteiger partial charge in [0.05, 0.1) is 39.1 Å². The van der Waals surface area contributed by atoms with E-state index in [4.69, 9.17) is 27.9 Å². The second kappa shape index (κ2) is 9.71. The summed E-state index contributed by atoms with van der Waals surface area (Å²) in [4.78, 5) is 27.8. The third-order valence-corrected chi connectivity index (χ3v) is 6.12. The molecule has 0 spiro atoms. The number of ether oxygens (including phenoxy) is 1. The highest BCUT2D eigenvalue weighted by Crippen LogP contribution is 2.37. The maximum absolute atomic E-state index is 14.3. The maximum atomic E-state index is 14.3. The number of para-hydroxylation sites is 1. The highest BCUT2D eigenvalue weighted by Gasteiger charge is 2.21. The van der Waals surface area contributed by atoms with E-state index in [1.165, 1.54) is 18.2 Å². The fourth-order valence-electron chi connectivity index (χ4n) is 4.02. The van der Waals surface area contributed by atoms with Gasteiger partial charge < -0.3 is 19.5 Å². The molecule has 0 bridgehead atoms. The first-order chi connectivity index (χ1) is 16.6. The molecule has 1 heterocycles. The van der Waals surface area contributed by atoms with Gasteiger partial charge in [0, 0.05) is 24.9 Å². The quantitative estimate of drug-likeness (QED) is 0.246. The van der Waals surface area contributed by atoms with Crippen LogP contribution in [0.15, 0.2) is 47.3 Å². The van der Waals surface area contributed by atoms with Crippen molar-refractivity contribution in [3.05, 3.63) is 74.4 Å². The van der Waals surface area contributed by atoms with Crippen molar-refractivity contribution in [2.24, 2.45) is 0 Å². The number of esters is 1. The van der Waals surface area contributed by atoms with Gasteiger partial charge >= 0.3 is 5.97 Å². The van der Waals surface area contributed by atoms with Crippen molar-refractivity contribution < 1.29 is 18.3 Å². The Morgan fingerprint density at radius 2 is 1.74 bits per heavy atom. The number of nitrogens with zero attached hydrogens (tertiary/aromatic N) is 2. The minimum absolute atomic E-state index is 0.0704. The average Bonchev–Trinajstić information content (AvgIpc) is 2.79. The van der Waals surface area contributed by atoms with Gasteiger partial charge in [-0.25, -0.2) is 8.78 Å². The molecule has 182 valence electrons. The van der Waals surface area contributed by atoms with Crippen LogP contribution >= 0.6 is 23.2 Å². The molecule has 6 nitrogen and oxygen atoms in total. The Morgan fingerprint density at radius 1 is 1.06 bits per heavy atom. The minimum atomic E-state index is -0.815. The number of hydrogen-bond donors (Lipinski definition) is 1. The van der Waals surface area contributed by atoms with E-state index in [-0.39, 0.29) is 34.7 Å². The summed E-state index contributed by atoms with van der Waals surface area (Å²) in [5.74, 6) is -2.16. The van der Waals surface area contributed by atoms with Crippen LogP contribution in [-0.2, 0) is 16.1 Å². The number of hydrogen-bond acceptors (Lipinski definition) is 5. The zero-order chi connectivity index (χ0) is 25.4. The van der Waals surface area contributed by atoms with E-state index < -0.39 is 23.3 Å². The van der Waals surface area contributed by atoms with E-state index in [2.05, 4.69) is 5.32 Å². The van der Waals surface area contributed by atoms with Gasteiger partial charge in [0.25, 0.3) is 0 Å². The zero-order valence-electron chi connectivity index (χ0n) is 19.1. The fraction of sp³-hybridized carbons (Fsp3) is 0.200. The molecule has 0 aliphatic heterocycles. The lowest BCUT2D eigenvalue weighted by Gasteiger charge is -2.23. The molecule has 0 fully saturated rings. The van der Waals surface area contributed by atoms with Crippen molar-refractivity contribution in [1.29, 1.82) is 0 Å². The molecule has 0 saturated heterocycles. The van der Waals surface area contributed by atoms with Gasteiger partial charge in [-0.15, -0.1) is 0 Å². The van der Waals surface area contributed by atoms with Gasteiger partial charge in [0.2, 0.25) is 0 Å². The molecule has 0 amide bonds. The Morgan fingerprint density at radius 3 is 2.37 bits per heavy atom. The molecule has 4 aromatic rings. The summed E-state index contributed by atoms with van der Waals surface area (Å²) in [5.41, 5.74) is 0.666. The number of fused-ring (bicyclic) bond motifs is 2. The fourth-order valence-corrected chi connectivity index (χ4v) is 4.55. The van der Waals surface area contributed by atoms with Crippen LogP contribution in [-0.4, -0.2) is 31.2 Å². The maximum Gasteiger partial charge on any atom is 0.325 e. The van der Waals surface area contributed by atoms with E-state index in [9.17, 15) is 18.4 Å². The third kappa shape index (κ3) is 4.51. The number of carbonyl (C=O) groups is 1. The van der Waals surface area contributed by atoms with E-state index in [1.807, 2.05) is 0 Å². The van der Waals surface area contributed by atoms with E-state index in [1.54, 1.807) is 42.6 Å². The minimum Gasteiger partial charge on any atom is -0.465 e. The molecule has 0 aliphatic rings. The smallest absolute Gasteiger partial charge is 0.325 e. The molecule has 35 heavy (non-hydrogen) atoms. The van der Waals surface area contributed by atoms with Gasteiger partial charge in [-0.1, -0.05) is 29.3 Å². The van der Waals surface area contributed by atoms with Crippen LogP contribution in [0.5, 0.6) is 0 Å². The van der Waals surface area contributed by atoms with Crippen molar-refractivity contribution >= 4 is 68.0 Å². The summed E-state index contributed by atoms with van der Waals surface area (Å²) in [6.45, 7) is 1.62. The lowest BCUT2D eigenvalue weighted by molar-refractivity contribution is -0.143. The Labute approximate surface area is 209 Å². The lowest BCUT2D eigenvalue weighted by atomic mass is 10.1. The summed E-state index contributed by atoms with van der Waals surface area (Å²) in [6, 6.07) is 9.54. The standard InChI is InChI=1S/C25H21Cl2F2N3O3/c1-4-35-21(33)12-32-20-11-19(30-22-17(28)6-5-7-18(22)29)16(27)10-14(20)25(34)13-8-9-15(26)24(23(13)32)31(2)3/h5-11,30H,4,12H2,1-3H3. The molecule has 4 rings (SSSR count). The van der Waals surface area contributed by atoms with Crippen LogP contribution in [0.3, 0.4) is 0 Å². The van der Waals surface area contributed by atoms with Crippen LogP contribution < -0.4 is 15.6 Å². The highest BCUT2D eigenvalue weighted by atomic mass is 35.5. The summed E-state index contributed by atoms with van der Waals surface area (Å²) in [5, 5.41) is 3.66. The van der Waals surface area contributed by atoms with Crippen molar-refractivity contribution in [3.63, 3.8) is 0 Å². The topological polar surface area (TPSA) is 63.6 Å². The summed E-state index contributed by atoms with van der Waals surface area (Å²) >= 11 is 12.9. The predicted octanol–water partition coefficient (Wildman–Crippen LogP) is 6.11. The van der Waals surface area contributed by atoms with Gasteiger partial charge in [0.1, 0.15) is 23.9 Å². The first-order valence-electron chi connectivity index (χ1n) is 10.7. The summed E-state index contributed by atoms with van der Waals surface area (Å²) < 4.78 is 35.4. The molecule has 0 aliphatic carbocycles. The number of nitrogens with one attached hydrogen (secondary N) is 1. The summed E-state index contributed by atoms with van der Waals surface area (Å²) in [6.07, 6.45) is 0. The number of benzene rings is 3. The summed E-state index contributed by atoms with van der Waals surface area (Å²) in [7, 11) is 3.53. The molecule has 0 unspecified atom stereocenters. The van der Waals surface area contributed by atoms with Crippen molar-refractivity contribution in [3.8, 4) is 0 Å². The molecule has 1 aromatic heterocycles. The SMILES string of the molecule is CCOC(=O)Cn1c2cc(Nc3c(F)cccc3F)c(Cl)cc2c(=O)c2ccc(Cl)c(N(C)C)c21. The zero-order valence-corrected chi connectivity index (χ0v) is 20.6. The van der Waals surface area contributed by atoms with Crippen LogP contribution in [0.4, 0.5) is 25.8 Å². The normalized spacial score (nSPS) is 11.2. The Hall–Kier alpha value is -3.36.